The van der Waals surface area contributed by atoms with Crippen LogP contribution in [0, 0.1) is 6.92 Å². The zero-order valence-electron chi connectivity index (χ0n) is 31.6. The largest absolute Gasteiger partial charge is 0.457 e. The second kappa shape index (κ2) is 16.9. The Morgan fingerprint density at radius 2 is 1.65 bits per heavy atom. The summed E-state index contributed by atoms with van der Waals surface area (Å²) in [6.45, 7) is 12.1. The number of likely N-dealkylation sites (tertiary alicyclic amines) is 1. The zero-order chi connectivity index (χ0) is 38.2. The summed E-state index contributed by atoms with van der Waals surface area (Å²) in [4.78, 5) is 45.0. The lowest BCUT2D eigenvalue weighted by atomic mass is 9.92. The summed E-state index contributed by atoms with van der Waals surface area (Å²) < 4.78 is 13.5. The second-order valence-corrected chi connectivity index (χ2v) is 14.7. The van der Waals surface area contributed by atoms with Crippen molar-refractivity contribution in [3.05, 3.63) is 102 Å². The number of anilines is 2. The highest BCUT2D eigenvalue weighted by molar-refractivity contribution is 6.07. The molecule has 54 heavy (non-hydrogen) atoms. The molecule has 0 spiro atoms. The van der Waals surface area contributed by atoms with Crippen LogP contribution in [0.1, 0.15) is 63.9 Å². The van der Waals surface area contributed by atoms with Crippen LogP contribution >= 0.6 is 0 Å². The molecule has 1 fully saturated rings. The van der Waals surface area contributed by atoms with Crippen LogP contribution in [0.15, 0.2) is 85.1 Å². The minimum Gasteiger partial charge on any atom is -0.457 e. The van der Waals surface area contributed by atoms with Gasteiger partial charge in [0.15, 0.2) is 0 Å². The van der Waals surface area contributed by atoms with Gasteiger partial charge in [0, 0.05) is 60.3 Å². The van der Waals surface area contributed by atoms with E-state index >= 15 is 0 Å². The van der Waals surface area contributed by atoms with Crippen molar-refractivity contribution in [1.82, 2.24) is 25.0 Å². The van der Waals surface area contributed by atoms with Crippen LogP contribution in [0.2, 0.25) is 0 Å². The van der Waals surface area contributed by atoms with Gasteiger partial charge in [0.25, 0.3) is 0 Å². The molecular formula is C42H49N7O5. The van der Waals surface area contributed by atoms with Gasteiger partial charge in [0.05, 0.1) is 29.2 Å². The fraction of sp³-hybridized carbons (Fsp3) is 0.357. The lowest BCUT2D eigenvalue weighted by Gasteiger charge is -2.32. The number of urea groups is 1. The van der Waals surface area contributed by atoms with Crippen LogP contribution in [0.3, 0.4) is 0 Å². The number of carbonyl (C=O) groups is 3. The Hall–Kier alpha value is -5.75. The van der Waals surface area contributed by atoms with E-state index in [1.54, 1.807) is 27.9 Å². The number of rotatable bonds is 12. The molecule has 6 rings (SSSR count). The minimum absolute atomic E-state index is 0.00516. The van der Waals surface area contributed by atoms with E-state index in [0.717, 1.165) is 34.1 Å². The van der Waals surface area contributed by atoms with Gasteiger partial charge in [-0.2, -0.15) is 5.10 Å². The molecule has 0 aliphatic carbocycles. The van der Waals surface area contributed by atoms with E-state index in [2.05, 4.69) is 41.7 Å². The summed E-state index contributed by atoms with van der Waals surface area (Å²) >= 11 is 0. The third-order valence-corrected chi connectivity index (χ3v) is 9.27. The molecule has 0 radical (unpaired) electrons. The molecule has 12 nitrogen and oxygen atoms in total. The fourth-order valence-electron chi connectivity index (χ4n) is 6.31. The lowest BCUT2D eigenvalue weighted by molar-refractivity contribution is -0.137. The summed E-state index contributed by atoms with van der Waals surface area (Å²) in [6.07, 6.45) is 3.98. The highest BCUT2D eigenvalue weighted by Gasteiger charge is 2.25. The SMILES string of the molecule is CCCOCC(=O)N1CCC(NC(=O)Cc2cc(Oc3ccc(NC(=O)Nc4cc(C(C)(C)C)nn4-c4ccc(C)cc4)c4ccccc34)ccn2)CC1. The van der Waals surface area contributed by atoms with Crippen molar-refractivity contribution in [2.24, 2.45) is 0 Å². The van der Waals surface area contributed by atoms with Crippen molar-refractivity contribution < 1.29 is 23.9 Å². The van der Waals surface area contributed by atoms with Gasteiger partial charge in [-0.1, -0.05) is 69.7 Å². The standard InChI is InChI=1S/C42H49N7O5/c1-6-23-53-27-40(51)48-21-18-29(19-22-48)44-39(50)25-30-24-32(17-20-43-30)54-36-16-15-35(33-9-7-8-10-34(33)36)45-41(52)46-38-26-37(42(3,4)5)47-49(38)31-13-11-28(2)12-14-31/h7-17,20,24,26,29H,6,18-19,21-23,25,27H2,1-5H3,(H,44,50)(H2,45,46,52). The molecule has 0 atom stereocenters. The van der Waals surface area contributed by atoms with E-state index < -0.39 is 6.03 Å². The van der Waals surface area contributed by atoms with Crippen LogP contribution < -0.4 is 20.7 Å². The molecular weight excluding hydrogens is 683 g/mol. The van der Waals surface area contributed by atoms with Gasteiger partial charge in [0.2, 0.25) is 11.8 Å². The number of aryl methyl sites for hydroxylation is 1. The van der Waals surface area contributed by atoms with E-state index in [-0.39, 0.29) is 36.3 Å². The predicted molar refractivity (Wildman–Crippen MR) is 210 cm³/mol. The maximum Gasteiger partial charge on any atom is 0.324 e. The average Bonchev–Trinajstić information content (AvgIpc) is 3.58. The first-order valence-corrected chi connectivity index (χ1v) is 18.5. The number of nitrogens with zero attached hydrogens (tertiary/aromatic N) is 4. The van der Waals surface area contributed by atoms with Crippen molar-refractivity contribution in [1.29, 1.82) is 0 Å². The van der Waals surface area contributed by atoms with Crippen molar-refractivity contribution in [3.63, 3.8) is 0 Å². The first-order valence-electron chi connectivity index (χ1n) is 18.5. The Bertz CT molecular complexity index is 2100. The normalized spacial score (nSPS) is 13.5. The number of hydrogen-bond acceptors (Lipinski definition) is 7. The van der Waals surface area contributed by atoms with Crippen molar-refractivity contribution >= 4 is 40.1 Å². The number of fused-ring (bicyclic) bond motifs is 1. The molecule has 3 N–H and O–H groups in total. The van der Waals surface area contributed by atoms with Gasteiger partial charge in [-0.15, -0.1) is 0 Å². The molecule has 12 heteroatoms. The molecule has 0 unspecified atom stereocenters. The second-order valence-electron chi connectivity index (χ2n) is 14.7. The van der Waals surface area contributed by atoms with Crippen molar-refractivity contribution in [3.8, 4) is 17.2 Å². The third-order valence-electron chi connectivity index (χ3n) is 9.27. The first-order chi connectivity index (χ1) is 26.0. The molecule has 5 aromatic rings. The van der Waals surface area contributed by atoms with E-state index in [0.29, 0.717) is 61.2 Å². The molecule has 3 aromatic carbocycles. The monoisotopic (exact) mass is 731 g/mol. The van der Waals surface area contributed by atoms with Gasteiger partial charge in [-0.05, 0) is 56.5 Å². The molecule has 1 saturated heterocycles. The van der Waals surface area contributed by atoms with Gasteiger partial charge in [-0.3, -0.25) is 19.9 Å². The van der Waals surface area contributed by atoms with Gasteiger partial charge >= 0.3 is 6.03 Å². The summed E-state index contributed by atoms with van der Waals surface area (Å²) in [5.41, 5.74) is 3.79. The average molecular weight is 732 g/mol. The zero-order valence-corrected chi connectivity index (χ0v) is 31.6. The van der Waals surface area contributed by atoms with Crippen LogP contribution in [0.5, 0.6) is 11.5 Å². The lowest BCUT2D eigenvalue weighted by Crippen LogP contribution is -2.47. The number of pyridine rings is 1. The number of aromatic nitrogens is 3. The quantitative estimate of drug-likeness (QED) is 0.113. The fourth-order valence-corrected chi connectivity index (χ4v) is 6.31. The Morgan fingerprint density at radius 1 is 0.907 bits per heavy atom. The molecule has 1 aliphatic rings. The first kappa shape index (κ1) is 38.0. The van der Waals surface area contributed by atoms with Gasteiger partial charge < -0.3 is 25.0 Å². The van der Waals surface area contributed by atoms with Crippen LogP contribution in [0.4, 0.5) is 16.3 Å². The van der Waals surface area contributed by atoms with Crippen LogP contribution in [-0.4, -0.2) is 69.9 Å². The number of amides is 4. The summed E-state index contributed by atoms with van der Waals surface area (Å²) in [6, 6.07) is 24.3. The number of piperidine rings is 1. The van der Waals surface area contributed by atoms with E-state index in [4.69, 9.17) is 14.6 Å². The molecule has 282 valence electrons. The third kappa shape index (κ3) is 9.61. The summed E-state index contributed by atoms with van der Waals surface area (Å²) in [5.74, 6) is 1.54. The van der Waals surface area contributed by atoms with Crippen molar-refractivity contribution in [2.75, 3.05) is 36.9 Å². The molecule has 4 amide bonds. The predicted octanol–water partition coefficient (Wildman–Crippen LogP) is 7.54. The Kier molecular flexibility index (Phi) is 11.9. The highest BCUT2D eigenvalue weighted by atomic mass is 16.5. The maximum absolute atomic E-state index is 13.5. The number of carbonyl (C=O) groups excluding carboxylic acids is 3. The topological polar surface area (TPSA) is 140 Å². The molecule has 0 saturated carbocycles. The van der Waals surface area contributed by atoms with E-state index in [9.17, 15) is 14.4 Å². The molecule has 1 aliphatic heterocycles. The number of benzene rings is 3. The van der Waals surface area contributed by atoms with E-state index in [1.165, 1.54) is 0 Å². The Labute approximate surface area is 316 Å². The number of nitrogens with one attached hydrogen (secondary N) is 3. The number of ether oxygens (including phenoxy) is 2. The van der Waals surface area contributed by atoms with Gasteiger partial charge in [-0.25, -0.2) is 9.48 Å². The van der Waals surface area contributed by atoms with E-state index in [1.807, 2.05) is 80.6 Å². The maximum atomic E-state index is 13.5. The Morgan fingerprint density at radius 3 is 2.37 bits per heavy atom. The summed E-state index contributed by atoms with van der Waals surface area (Å²) in [5, 5.41) is 15.5. The molecule has 3 heterocycles. The summed E-state index contributed by atoms with van der Waals surface area (Å²) in [7, 11) is 0. The number of hydrogen-bond donors (Lipinski definition) is 3. The van der Waals surface area contributed by atoms with Crippen molar-refractivity contribution in [2.45, 2.75) is 71.8 Å². The van der Waals surface area contributed by atoms with Gasteiger partial charge in [0.1, 0.15) is 23.9 Å². The minimum atomic E-state index is -0.407. The Balaban J connectivity index is 1.09. The smallest absolute Gasteiger partial charge is 0.324 e. The van der Waals surface area contributed by atoms with Crippen LogP contribution in [0.25, 0.3) is 16.5 Å². The van der Waals surface area contributed by atoms with Crippen LogP contribution in [-0.2, 0) is 26.2 Å². The highest BCUT2D eigenvalue weighted by Crippen LogP contribution is 2.35. The molecule has 0 bridgehead atoms. The molecule has 2 aromatic heterocycles.